The highest BCUT2D eigenvalue weighted by Crippen LogP contribution is 2.45. The normalized spacial score (nSPS) is 11.5. The highest BCUT2D eigenvalue weighted by atomic mass is 32.1. The number of hydrogen-bond acceptors (Lipinski definition) is 5. The summed E-state index contributed by atoms with van der Waals surface area (Å²) in [6, 6.07) is 81.6. The minimum absolute atomic E-state index is 0.441. The summed E-state index contributed by atoms with van der Waals surface area (Å²) >= 11 is 1.84. The van der Waals surface area contributed by atoms with Crippen molar-refractivity contribution in [1.29, 1.82) is 0 Å². The molecule has 4 heterocycles. The van der Waals surface area contributed by atoms with Crippen LogP contribution in [0.15, 0.2) is 237 Å². The summed E-state index contributed by atoms with van der Waals surface area (Å²) < 4.78 is 4.87. The van der Waals surface area contributed by atoms with Gasteiger partial charge in [0.1, 0.15) is 5.82 Å². The van der Waals surface area contributed by atoms with Crippen molar-refractivity contribution in [3.05, 3.63) is 248 Å². The third kappa shape index (κ3) is 7.35. The Morgan fingerprint density at radius 1 is 0.377 bits per heavy atom. The average Bonchev–Trinajstić information content (AvgIpc) is 3.97. The molecule has 324 valence electrons. The fraction of sp³-hybridized carbons (Fsp3) is 0.0159. The standard InChI is InChI=1S/C63H41N5S/c1-6-18-41(19-7-1)50-32-30-45(37-53(50)42-20-8-2-9-21-42)48-36-47(39-58-65-62(43-22-10-3-11-23-43)67-63(66-58)44-24-12-4-13-25-44)61(64-40-48)46-31-33-52-57(38-46)69-56-35-34-55-59(60(52)56)51-28-16-17-29-54(51)68(55)49-26-14-5-15-27-49/h1-38,40H,39H2. The average molecular weight is 900 g/mol. The van der Waals surface area contributed by atoms with Gasteiger partial charge in [0.05, 0.1) is 16.7 Å². The number of benzene rings is 9. The number of para-hydroxylation sites is 2. The van der Waals surface area contributed by atoms with Crippen LogP contribution in [0.1, 0.15) is 11.4 Å². The molecule has 0 spiro atoms. The molecule has 69 heavy (non-hydrogen) atoms. The Bertz CT molecular complexity index is 3960. The van der Waals surface area contributed by atoms with Crippen LogP contribution in [0.25, 0.3) is 115 Å². The van der Waals surface area contributed by atoms with Gasteiger partial charge >= 0.3 is 0 Å². The zero-order valence-electron chi connectivity index (χ0n) is 37.4. The summed E-state index contributed by atoms with van der Waals surface area (Å²) in [5, 5.41) is 5.05. The predicted octanol–water partition coefficient (Wildman–Crippen LogP) is 16.3. The summed E-state index contributed by atoms with van der Waals surface area (Å²) in [5.74, 6) is 1.95. The van der Waals surface area contributed by atoms with Crippen LogP contribution >= 0.6 is 11.3 Å². The summed E-state index contributed by atoms with van der Waals surface area (Å²) in [6.45, 7) is 0. The van der Waals surface area contributed by atoms with E-state index < -0.39 is 0 Å². The van der Waals surface area contributed by atoms with Gasteiger partial charge in [-0.1, -0.05) is 182 Å². The van der Waals surface area contributed by atoms with Crippen molar-refractivity contribution in [2.24, 2.45) is 0 Å². The molecule has 0 amide bonds. The smallest absolute Gasteiger partial charge is 0.163 e. The number of nitrogens with zero attached hydrogens (tertiary/aromatic N) is 5. The first-order valence-corrected chi connectivity index (χ1v) is 24.1. The second-order valence-electron chi connectivity index (χ2n) is 17.4. The Hall–Kier alpha value is -8.84. The van der Waals surface area contributed by atoms with Crippen LogP contribution in [0.5, 0.6) is 0 Å². The Kier molecular flexibility index (Phi) is 10.0. The Morgan fingerprint density at radius 3 is 1.65 bits per heavy atom. The molecule has 13 aromatic rings. The number of fused-ring (bicyclic) bond motifs is 7. The van der Waals surface area contributed by atoms with Gasteiger partial charge in [-0.2, -0.15) is 0 Å². The maximum atomic E-state index is 5.38. The second-order valence-corrected chi connectivity index (χ2v) is 18.4. The molecule has 0 saturated carbocycles. The summed E-state index contributed by atoms with van der Waals surface area (Å²) in [5.41, 5.74) is 15.2. The van der Waals surface area contributed by atoms with Crippen LogP contribution in [-0.4, -0.2) is 24.5 Å². The molecule has 13 rings (SSSR count). The van der Waals surface area contributed by atoms with E-state index in [1.54, 1.807) is 0 Å². The molecule has 0 fully saturated rings. The SMILES string of the molecule is c1ccc(-c2nc(Cc3cc(-c4ccc(-c5ccccc5)c(-c5ccccc5)c4)cnc3-c3ccc4c(c3)sc3ccc5c(c6ccccc6n5-c5ccccc5)c34)nc(-c3ccccc3)n2)cc1. The van der Waals surface area contributed by atoms with Crippen LogP contribution in [0.3, 0.4) is 0 Å². The van der Waals surface area contributed by atoms with E-state index in [9.17, 15) is 0 Å². The molecular weight excluding hydrogens is 859 g/mol. The van der Waals surface area contributed by atoms with Gasteiger partial charge < -0.3 is 4.57 Å². The van der Waals surface area contributed by atoms with Crippen LogP contribution in [-0.2, 0) is 6.42 Å². The second kappa shape index (κ2) is 17.1. The molecule has 0 aliphatic rings. The van der Waals surface area contributed by atoms with E-state index in [0.717, 1.165) is 50.3 Å². The first-order chi connectivity index (χ1) is 34.2. The molecule has 4 aromatic heterocycles. The lowest BCUT2D eigenvalue weighted by molar-refractivity contribution is 0.930. The zero-order valence-corrected chi connectivity index (χ0v) is 38.2. The minimum Gasteiger partial charge on any atom is -0.309 e. The summed E-state index contributed by atoms with van der Waals surface area (Å²) in [6.07, 6.45) is 2.47. The molecule has 0 bridgehead atoms. The van der Waals surface area contributed by atoms with Gasteiger partial charge in [0.15, 0.2) is 11.6 Å². The van der Waals surface area contributed by atoms with Gasteiger partial charge in [0, 0.05) is 71.5 Å². The van der Waals surface area contributed by atoms with Crippen molar-refractivity contribution in [3.63, 3.8) is 0 Å². The third-order valence-corrected chi connectivity index (χ3v) is 14.3. The van der Waals surface area contributed by atoms with Gasteiger partial charge in [-0.3, -0.25) is 4.98 Å². The molecular formula is C63H41N5S. The van der Waals surface area contributed by atoms with E-state index in [4.69, 9.17) is 19.9 Å². The van der Waals surface area contributed by atoms with Crippen molar-refractivity contribution < 1.29 is 0 Å². The van der Waals surface area contributed by atoms with E-state index >= 15 is 0 Å². The van der Waals surface area contributed by atoms with Gasteiger partial charge in [0.2, 0.25) is 0 Å². The number of rotatable bonds is 9. The van der Waals surface area contributed by atoms with Crippen LogP contribution in [0.2, 0.25) is 0 Å². The fourth-order valence-corrected chi connectivity index (χ4v) is 11.1. The molecule has 0 N–H and O–H groups in total. The molecule has 0 aliphatic carbocycles. The van der Waals surface area contributed by atoms with Crippen molar-refractivity contribution in [2.45, 2.75) is 6.42 Å². The van der Waals surface area contributed by atoms with Crippen molar-refractivity contribution in [3.8, 4) is 73.1 Å². The lowest BCUT2D eigenvalue weighted by atomic mass is 9.90. The quantitative estimate of drug-likeness (QED) is 0.145. The fourth-order valence-electron chi connectivity index (χ4n) is 9.94. The number of pyridine rings is 1. The number of thiophene rings is 1. The van der Waals surface area contributed by atoms with Gasteiger partial charge in [0.25, 0.3) is 0 Å². The van der Waals surface area contributed by atoms with Gasteiger partial charge in [-0.25, -0.2) is 15.0 Å². The first kappa shape index (κ1) is 40.4. The van der Waals surface area contributed by atoms with Gasteiger partial charge in [-0.05, 0) is 81.9 Å². The molecule has 9 aromatic carbocycles. The largest absolute Gasteiger partial charge is 0.309 e. The third-order valence-electron chi connectivity index (χ3n) is 13.1. The summed E-state index contributed by atoms with van der Waals surface area (Å²) in [4.78, 5) is 20.7. The van der Waals surface area contributed by atoms with Crippen LogP contribution < -0.4 is 0 Å². The molecule has 0 saturated heterocycles. The first-order valence-electron chi connectivity index (χ1n) is 23.2. The molecule has 0 aliphatic heterocycles. The maximum Gasteiger partial charge on any atom is 0.163 e. The Labute approximate surface area is 403 Å². The predicted molar refractivity (Wildman–Crippen MR) is 287 cm³/mol. The zero-order chi connectivity index (χ0) is 45.7. The van der Waals surface area contributed by atoms with Crippen molar-refractivity contribution >= 4 is 53.3 Å². The Balaban J connectivity index is 0.991. The molecule has 0 radical (unpaired) electrons. The molecule has 0 atom stereocenters. The van der Waals surface area contributed by atoms with Crippen LogP contribution in [0.4, 0.5) is 0 Å². The van der Waals surface area contributed by atoms with E-state index in [-0.39, 0.29) is 0 Å². The van der Waals surface area contributed by atoms with Crippen molar-refractivity contribution in [2.75, 3.05) is 0 Å². The lowest BCUT2D eigenvalue weighted by Gasteiger charge is -2.15. The topological polar surface area (TPSA) is 56.5 Å². The molecule has 6 heteroatoms. The van der Waals surface area contributed by atoms with Crippen molar-refractivity contribution in [1.82, 2.24) is 24.5 Å². The van der Waals surface area contributed by atoms with E-state index in [1.807, 2.05) is 53.9 Å². The van der Waals surface area contributed by atoms with E-state index in [0.29, 0.717) is 23.9 Å². The summed E-state index contributed by atoms with van der Waals surface area (Å²) in [7, 11) is 0. The highest BCUT2D eigenvalue weighted by molar-refractivity contribution is 7.26. The molecule has 0 unspecified atom stereocenters. The Morgan fingerprint density at radius 2 is 0.971 bits per heavy atom. The minimum atomic E-state index is 0.441. The maximum absolute atomic E-state index is 5.38. The van der Waals surface area contributed by atoms with Crippen LogP contribution in [0, 0.1) is 0 Å². The van der Waals surface area contributed by atoms with E-state index in [1.165, 1.54) is 58.7 Å². The number of aromatic nitrogens is 5. The molecule has 5 nitrogen and oxygen atoms in total. The lowest BCUT2D eigenvalue weighted by Crippen LogP contribution is -2.05. The highest BCUT2D eigenvalue weighted by Gasteiger charge is 2.21. The monoisotopic (exact) mass is 899 g/mol. The van der Waals surface area contributed by atoms with Gasteiger partial charge in [-0.15, -0.1) is 11.3 Å². The number of hydrogen-bond donors (Lipinski definition) is 0. The van der Waals surface area contributed by atoms with E-state index in [2.05, 4.69) is 199 Å².